The van der Waals surface area contributed by atoms with Crippen molar-refractivity contribution < 1.29 is 4.74 Å². The maximum Gasteiger partial charge on any atom is 0.143 e. The fourth-order valence-electron chi connectivity index (χ4n) is 0.867. The van der Waals surface area contributed by atoms with Gasteiger partial charge in [-0.25, -0.2) is 0 Å². The molecule has 0 spiro atoms. The van der Waals surface area contributed by atoms with Crippen LogP contribution < -0.4 is 16.0 Å². The van der Waals surface area contributed by atoms with Crippen LogP contribution in [0, 0.1) is 0 Å². The number of ether oxygens (including phenoxy) is 1. The summed E-state index contributed by atoms with van der Waals surface area (Å²) < 4.78 is 5.29. The molecule has 1 aromatic carbocycles. The van der Waals surface area contributed by atoms with Crippen molar-refractivity contribution in [3.8, 4) is 5.75 Å². The molecule has 3 nitrogen and oxygen atoms in total. The fourth-order valence-corrected chi connectivity index (χ4v) is 0.867. The van der Waals surface area contributed by atoms with Gasteiger partial charge in [0.25, 0.3) is 0 Å². The van der Waals surface area contributed by atoms with E-state index in [1.165, 1.54) is 0 Å². The van der Waals surface area contributed by atoms with Gasteiger partial charge in [0, 0.05) is 0 Å². The lowest BCUT2D eigenvalue weighted by Crippen LogP contribution is -2.08. The average molecular weight is 152 g/mol. The molecular weight excluding hydrogens is 140 g/mol. The van der Waals surface area contributed by atoms with Gasteiger partial charge in [-0.2, -0.15) is 0 Å². The van der Waals surface area contributed by atoms with Crippen LogP contribution in [-0.4, -0.2) is 6.61 Å². The summed E-state index contributed by atoms with van der Waals surface area (Å²) in [7, 11) is 0. The Morgan fingerprint density at radius 1 is 1.45 bits per heavy atom. The van der Waals surface area contributed by atoms with Crippen LogP contribution in [-0.2, 0) is 0 Å². The van der Waals surface area contributed by atoms with Gasteiger partial charge in [-0.3, -0.25) is 5.84 Å². The number of hydrazine groups is 1. The number of benzene rings is 1. The number of hydrogen-bond donors (Lipinski definition) is 2. The smallest absolute Gasteiger partial charge is 0.143 e. The van der Waals surface area contributed by atoms with Gasteiger partial charge >= 0.3 is 0 Å². The zero-order valence-electron chi connectivity index (χ0n) is 6.50. The van der Waals surface area contributed by atoms with E-state index in [1.54, 1.807) is 0 Å². The molecule has 0 amide bonds. The molecule has 0 fully saturated rings. The fraction of sp³-hybridized carbons (Fsp3) is 0.250. The van der Waals surface area contributed by atoms with E-state index in [-0.39, 0.29) is 0 Å². The molecule has 60 valence electrons. The third kappa shape index (κ3) is 1.85. The van der Waals surface area contributed by atoms with Crippen molar-refractivity contribution in [1.82, 2.24) is 0 Å². The molecule has 0 unspecified atom stereocenters. The van der Waals surface area contributed by atoms with Gasteiger partial charge in [-0.15, -0.1) is 0 Å². The Balaban J connectivity index is 2.83. The second-order valence-electron chi connectivity index (χ2n) is 2.07. The van der Waals surface area contributed by atoms with E-state index in [2.05, 4.69) is 5.43 Å². The highest BCUT2D eigenvalue weighted by Gasteiger charge is 1.97. The van der Waals surface area contributed by atoms with Crippen LogP contribution in [0.5, 0.6) is 5.75 Å². The third-order valence-corrected chi connectivity index (χ3v) is 1.34. The number of rotatable bonds is 3. The minimum absolute atomic E-state index is 0.651. The predicted octanol–water partition coefficient (Wildman–Crippen LogP) is 1.37. The van der Waals surface area contributed by atoms with E-state index in [4.69, 9.17) is 10.6 Å². The summed E-state index contributed by atoms with van der Waals surface area (Å²) in [4.78, 5) is 0. The summed E-state index contributed by atoms with van der Waals surface area (Å²) in [6, 6.07) is 7.55. The van der Waals surface area contributed by atoms with Gasteiger partial charge in [-0.1, -0.05) is 12.1 Å². The van der Waals surface area contributed by atoms with Crippen LogP contribution >= 0.6 is 0 Å². The monoisotopic (exact) mass is 152 g/mol. The number of nitrogens with two attached hydrogens (primary N) is 1. The van der Waals surface area contributed by atoms with Gasteiger partial charge in [0.05, 0.1) is 12.3 Å². The molecule has 11 heavy (non-hydrogen) atoms. The molecule has 0 saturated heterocycles. The van der Waals surface area contributed by atoms with Crippen molar-refractivity contribution in [1.29, 1.82) is 0 Å². The van der Waals surface area contributed by atoms with Crippen molar-refractivity contribution in [2.45, 2.75) is 6.92 Å². The van der Waals surface area contributed by atoms with E-state index in [9.17, 15) is 0 Å². The Bertz CT molecular complexity index is 225. The van der Waals surface area contributed by atoms with Crippen molar-refractivity contribution in [3.05, 3.63) is 24.3 Å². The minimum Gasteiger partial charge on any atom is -0.492 e. The molecule has 0 atom stereocenters. The number of anilines is 1. The topological polar surface area (TPSA) is 47.3 Å². The molecule has 0 aliphatic heterocycles. The first-order valence-corrected chi connectivity index (χ1v) is 3.57. The number of hydrogen-bond acceptors (Lipinski definition) is 3. The lowest BCUT2D eigenvalue weighted by atomic mass is 10.3. The van der Waals surface area contributed by atoms with E-state index < -0.39 is 0 Å². The Morgan fingerprint density at radius 3 is 2.82 bits per heavy atom. The first-order valence-electron chi connectivity index (χ1n) is 3.57. The molecule has 0 heterocycles. The van der Waals surface area contributed by atoms with E-state index in [0.717, 1.165) is 11.4 Å². The molecule has 3 N–H and O–H groups in total. The largest absolute Gasteiger partial charge is 0.492 e. The second kappa shape index (κ2) is 3.83. The maximum atomic E-state index is 5.29. The zero-order valence-corrected chi connectivity index (χ0v) is 6.50. The van der Waals surface area contributed by atoms with Crippen molar-refractivity contribution >= 4 is 5.69 Å². The second-order valence-corrected chi connectivity index (χ2v) is 2.07. The molecule has 0 radical (unpaired) electrons. The minimum atomic E-state index is 0.651. The molecule has 1 aromatic rings. The molecule has 0 aliphatic rings. The van der Waals surface area contributed by atoms with Gasteiger partial charge < -0.3 is 10.2 Å². The van der Waals surface area contributed by atoms with Crippen LogP contribution in [0.25, 0.3) is 0 Å². The van der Waals surface area contributed by atoms with Gasteiger partial charge in [-0.05, 0) is 19.1 Å². The lowest BCUT2D eigenvalue weighted by molar-refractivity contribution is 0.342. The zero-order chi connectivity index (χ0) is 8.10. The molecule has 0 saturated carbocycles. The Labute approximate surface area is 66.1 Å². The summed E-state index contributed by atoms with van der Waals surface area (Å²) in [6.07, 6.45) is 0. The molecular formula is C8H12N2O. The number of nitrogen functional groups attached to an aromatic ring is 1. The normalized spacial score (nSPS) is 9.27. The summed E-state index contributed by atoms with van der Waals surface area (Å²) in [5.41, 5.74) is 3.37. The Kier molecular flexibility index (Phi) is 2.74. The van der Waals surface area contributed by atoms with Crippen LogP contribution in [0.3, 0.4) is 0 Å². The third-order valence-electron chi connectivity index (χ3n) is 1.34. The average Bonchev–Trinajstić information content (AvgIpc) is 2.06. The first kappa shape index (κ1) is 7.88. The highest BCUT2D eigenvalue weighted by molar-refractivity contribution is 5.55. The van der Waals surface area contributed by atoms with Crippen molar-refractivity contribution in [2.75, 3.05) is 12.0 Å². The quantitative estimate of drug-likeness (QED) is 0.508. The predicted molar refractivity (Wildman–Crippen MR) is 45.4 cm³/mol. The summed E-state index contributed by atoms with van der Waals surface area (Å²) in [5, 5.41) is 0. The molecule has 0 aromatic heterocycles. The van der Waals surface area contributed by atoms with Crippen molar-refractivity contribution in [3.63, 3.8) is 0 Å². The van der Waals surface area contributed by atoms with Gasteiger partial charge in [0.1, 0.15) is 5.75 Å². The Morgan fingerprint density at radius 2 is 2.18 bits per heavy atom. The molecule has 0 bridgehead atoms. The molecule has 3 heteroatoms. The summed E-state index contributed by atoms with van der Waals surface area (Å²) in [6.45, 7) is 2.59. The van der Waals surface area contributed by atoms with Gasteiger partial charge in [0.15, 0.2) is 0 Å². The van der Waals surface area contributed by atoms with Crippen molar-refractivity contribution in [2.24, 2.45) is 5.84 Å². The highest BCUT2D eigenvalue weighted by atomic mass is 16.5. The SMILES string of the molecule is CCOc1ccccc1NN. The lowest BCUT2D eigenvalue weighted by Gasteiger charge is -2.07. The summed E-state index contributed by atoms with van der Waals surface area (Å²) in [5.74, 6) is 6.04. The van der Waals surface area contributed by atoms with Crippen LogP contribution in [0.1, 0.15) is 6.92 Å². The standard InChI is InChI=1S/C8H12N2O/c1-2-11-8-6-4-3-5-7(8)10-9/h3-6,10H,2,9H2,1H3. The van der Waals surface area contributed by atoms with E-state index in [0.29, 0.717) is 6.61 Å². The Hall–Kier alpha value is -1.22. The number of nitrogens with one attached hydrogen (secondary N) is 1. The van der Waals surface area contributed by atoms with E-state index in [1.807, 2.05) is 31.2 Å². The van der Waals surface area contributed by atoms with Crippen LogP contribution in [0.2, 0.25) is 0 Å². The highest BCUT2D eigenvalue weighted by Crippen LogP contribution is 2.21. The number of para-hydroxylation sites is 2. The van der Waals surface area contributed by atoms with Crippen LogP contribution in [0.4, 0.5) is 5.69 Å². The molecule has 0 aliphatic carbocycles. The molecule has 1 rings (SSSR count). The maximum absolute atomic E-state index is 5.29. The van der Waals surface area contributed by atoms with E-state index >= 15 is 0 Å². The first-order chi connectivity index (χ1) is 5.38. The van der Waals surface area contributed by atoms with Gasteiger partial charge in [0.2, 0.25) is 0 Å². The summed E-state index contributed by atoms with van der Waals surface area (Å²) >= 11 is 0. The van der Waals surface area contributed by atoms with Crippen LogP contribution in [0.15, 0.2) is 24.3 Å².